The second-order valence-electron chi connectivity index (χ2n) is 9.67. The van der Waals surface area contributed by atoms with E-state index in [2.05, 4.69) is 82.7 Å². The van der Waals surface area contributed by atoms with Crippen LogP contribution in [0.5, 0.6) is 0 Å². The summed E-state index contributed by atoms with van der Waals surface area (Å²) in [7, 11) is 4.35. The van der Waals surface area contributed by atoms with E-state index in [1.807, 2.05) is 24.3 Å². The second kappa shape index (κ2) is 7.89. The standard InChI is InChI=1S/C28H28N6/c1-19-15-34-26-9-8-24(32-11-10-25(18-32)31(2)3)12-23(26)17-33-16-22(13-27(33)28(34)30-19)21-6-4-20(14-29)5-7-21/h4-9,12-13,15-16,25H,10-11,17-18H2,1-3H3/t25-/m1/s1. The fourth-order valence-corrected chi connectivity index (χ4v) is 5.30. The minimum absolute atomic E-state index is 0.604. The molecule has 0 amide bonds. The Bertz CT molecular complexity index is 1420. The molecule has 0 aliphatic carbocycles. The van der Waals surface area contributed by atoms with Crippen LogP contribution in [0, 0.1) is 18.3 Å². The molecular formula is C28H28N6. The third-order valence-electron chi connectivity index (χ3n) is 7.22. The molecule has 0 radical (unpaired) electrons. The van der Waals surface area contributed by atoms with Crippen molar-refractivity contribution < 1.29 is 0 Å². The number of aryl methyl sites for hydroxylation is 1. The maximum absolute atomic E-state index is 9.14. The first-order chi connectivity index (χ1) is 16.5. The molecule has 0 spiro atoms. The van der Waals surface area contributed by atoms with Gasteiger partial charge in [0.25, 0.3) is 0 Å². The molecule has 2 aliphatic rings. The zero-order valence-corrected chi connectivity index (χ0v) is 19.9. The van der Waals surface area contributed by atoms with Gasteiger partial charge in [-0.1, -0.05) is 12.1 Å². The van der Waals surface area contributed by atoms with E-state index in [4.69, 9.17) is 10.2 Å². The minimum atomic E-state index is 0.604. The first-order valence-corrected chi connectivity index (χ1v) is 11.8. The molecule has 1 saturated heterocycles. The minimum Gasteiger partial charge on any atom is -0.370 e. The van der Waals surface area contributed by atoms with Gasteiger partial charge < -0.3 is 14.4 Å². The van der Waals surface area contributed by atoms with E-state index >= 15 is 0 Å². The molecule has 1 atom stereocenters. The van der Waals surface area contributed by atoms with Crippen molar-refractivity contribution in [2.24, 2.45) is 0 Å². The van der Waals surface area contributed by atoms with Crippen LogP contribution in [0.15, 0.2) is 60.9 Å². The number of imidazole rings is 1. The summed E-state index contributed by atoms with van der Waals surface area (Å²) >= 11 is 0. The monoisotopic (exact) mass is 448 g/mol. The lowest BCUT2D eigenvalue weighted by Gasteiger charge is -2.23. The van der Waals surface area contributed by atoms with Crippen molar-refractivity contribution in [3.8, 4) is 34.4 Å². The SMILES string of the molecule is Cc1cn2c(n1)-c1cc(-c3ccc(C#N)cc3)cn1Cc1cc(N3CC[C@@H](N(C)C)C3)ccc1-2. The van der Waals surface area contributed by atoms with Gasteiger partial charge in [0.05, 0.1) is 28.7 Å². The highest BCUT2D eigenvalue weighted by Crippen LogP contribution is 2.36. The topological polar surface area (TPSA) is 53.0 Å². The number of hydrogen-bond donors (Lipinski definition) is 0. The van der Waals surface area contributed by atoms with Gasteiger partial charge in [-0.3, -0.25) is 4.57 Å². The van der Waals surface area contributed by atoms with Gasteiger partial charge in [-0.05, 0) is 75.0 Å². The summed E-state index contributed by atoms with van der Waals surface area (Å²) < 4.78 is 4.55. The van der Waals surface area contributed by atoms with Crippen molar-refractivity contribution in [3.63, 3.8) is 0 Å². The Hall–Kier alpha value is -3.82. The number of hydrogen-bond acceptors (Lipinski definition) is 4. The summed E-state index contributed by atoms with van der Waals surface area (Å²) in [5.41, 5.74) is 8.83. The molecule has 0 N–H and O–H groups in total. The van der Waals surface area contributed by atoms with Gasteiger partial charge in [0.2, 0.25) is 0 Å². The average molecular weight is 449 g/mol. The van der Waals surface area contributed by atoms with Crippen LogP contribution in [0.4, 0.5) is 5.69 Å². The fourth-order valence-electron chi connectivity index (χ4n) is 5.30. The Morgan fingerprint density at radius 1 is 1.03 bits per heavy atom. The van der Waals surface area contributed by atoms with Gasteiger partial charge in [0.15, 0.2) is 5.82 Å². The summed E-state index contributed by atoms with van der Waals surface area (Å²) in [5, 5.41) is 9.14. The van der Waals surface area contributed by atoms with Gasteiger partial charge >= 0.3 is 0 Å². The number of likely N-dealkylation sites (N-methyl/N-ethyl adjacent to an activating group) is 1. The lowest BCUT2D eigenvalue weighted by molar-refractivity contribution is 0.315. The smallest absolute Gasteiger partial charge is 0.161 e. The Balaban J connectivity index is 1.42. The molecule has 6 heteroatoms. The molecule has 34 heavy (non-hydrogen) atoms. The summed E-state index contributed by atoms with van der Waals surface area (Å²) in [6, 6.07) is 19.7. The molecule has 6 nitrogen and oxygen atoms in total. The molecule has 4 aromatic rings. The quantitative estimate of drug-likeness (QED) is 0.402. The highest BCUT2D eigenvalue weighted by molar-refractivity contribution is 5.72. The average Bonchev–Trinajstić information content (AvgIpc) is 3.56. The molecule has 4 heterocycles. The molecule has 2 aromatic heterocycles. The summed E-state index contributed by atoms with van der Waals surface area (Å²) in [4.78, 5) is 9.74. The van der Waals surface area contributed by atoms with Crippen molar-refractivity contribution in [2.75, 3.05) is 32.1 Å². The zero-order valence-electron chi connectivity index (χ0n) is 19.9. The molecule has 0 unspecified atom stereocenters. The number of aromatic nitrogens is 3. The Kier molecular flexibility index (Phi) is 4.82. The van der Waals surface area contributed by atoms with Gasteiger partial charge in [-0.25, -0.2) is 4.98 Å². The normalized spacial score (nSPS) is 16.7. The van der Waals surface area contributed by atoms with Crippen LogP contribution in [0.2, 0.25) is 0 Å². The van der Waals surface area contributed by atoms with Gasteiger partial charge in [0, 0.05) is 49.3 Å². The number of benzene rings is 2. The molecule has 2 aromatic carbocycles. The lowest BCUT2D eigenvalue weighted by atomic mass is 10.1. The van der Waals surface area contributed by atoms with Crippen LogP contribution in [0.25, 0.3) is 28.3 Å². The van der Waals surface area contributed by atoms with E-state index in [9.17, 15) is 0 Å². The molecule has 0 bridgehead atoms. The highest BCUT2D eigenvalue weighted by atomic mass is 15.2. The molecule has 1 fully saturated rings. The third kappa shape index (κ3) is 3.41. The van der Waals surface area contributed by atoms with Crippen LogP contribution >= 0.6 is 0 Å². The van der Waals surface area contributed by atoms with Crippen LogP contribution in [-0.2, 0) is 6.54 Å². The number of nitriles is 1. The largest absolute Gasteiger partial charge is 0.370 e. The van der Waals surface area contributed by atoms with E-state index in [-0.39, 0.29) is 0 Å². The second-order valence-corrected chi connectivity index (χ2v) is 9.67. The van der Waals surface area contributed by atoms with Gasteiger partial charge in [0.1, 0.15) is 0 Å². The van der Waals surface area contributed by atoms with Crippen molar-refractivity contribution in [2.45, 2.75) is 25.9 Å². The molecule has 6 rings (SSSR count). The Morgan fingerprint density at radius 3 is 2.59 bits per heavy atom. The van der Waals surface area contributed by atoms with Gasteiger partial charge in [-0.2, -0.15) is 5.26 Å². The number of rotatable bonds is 3. The first-order valence-electron chi connectivity index (χ1n) is 11.8. The predicted octanol–water partition coefficient (Wildman–Crippen LogP) is 4.69. The van der Waals surface area contributed by atoms with Crippen LogP contribution < -0.4 is 4.90 Å². The van der Waals surface area contributed by atoms with E-state index < -0.39 is 0 Å². The zero-order chi connectivity index (χ0) is 23.4. The third-order valence-corrected chi connectivity index (χ3v) is 7.22. The van der Waals surface area contributed by atoms with E-state index in [0.29, 0.717) is 11.6 Å². The molecule has 2 aliphatic heterocycles. The summed E-state index contributed by atoms with van der Waals surface area (Å²) in [5.74, 6) is 0.970. The fraction of sp³-hybridized carbons (Fsp3) is 0.286. The Morgan fingerprint density at radius 2 is 1.85 bits per heavy atom. The molecular weight excluding hydrogens is 420 g/mol. The number of fused-ring (bicyclic) bond motifs is 5. The number of anilines is 1. The maximum atomic E-state index is 9.14. The van der Waals surface area contributed by atoms with E-state index in [1.54, 1.807) is 0 Å². The molecule has 0 saturated carbocycles. The van der Waals surface area contributed by atoms with Crippen molar-refractivity contribution in [1.29, 1.82) is 5.26 Å². The summed E-state index contributed by atoms with van der Waals surface area (Å²) in [6.45, 7) is 5.01. The Labute approximate surface area is 200 Å². The van der Waals surface area contributed by atoms with Gasteiger partial charge in [-0.15, -0.1) is 0 Å². The van der Waals surface area contributed by atoms with Crippen molar-refractivity contribution >= 4 is 5.69 Å². The van der Waals surface area contributed by atoms with Crippen LogP contribution in [0.3, 0.4) is 0 Å². The highest BCUT2D eigenvalue weighted by Gasteiger charge is 2.26. The van der Waals surface area contributed by atoms with E-state index in [0.717, 1.165) is 48.0 Å². The van der Waals surface area contributed by atoms with Crippen molar-refractivity contribution in [1.82, 2.24) is 19.0 Å². The van der Waals surface area contributed by atoms with Crippen molar-refractivity contribution in [3.05, 3.63) is 77.7 Å². The number of nitrogens with zero attached hydrogens (tertiary/aromatic N) is 6. The van der Waals surface area contributed by atoms with E-state index in [1.165, 1.54) is 23.4 Å². The van der Waals surface area contributed by atoms with Crippen LogP contribution in [0.1, 0.15) is 23.2 Å². The first kappa shape index (κ1) is 20.8. The van der Waals surface area contributed by atoms with Crippen LogP contribution in [-0.4, -0.2) is 52.2 Å². The molecule has 170 valence electrons. The predicted molar refractivity (Wildman–Crippen MR) is 135 cm³/mol. The lowest BCUT2D eigenvalue weighted by Crippen LogP contribution is -2.31. The maximum Gasteiger partial charge on any atom is 0.161 e. The summed E-state index contributed by atoms with van der Waals surface area (Å²) in [6.07, 6.45) is 5.55.